The van der Waals surface area contributed by atoms with Crippen molar-refractivity contribution in [2.45, 2.75) is 31.6 Å². The molecule has 8 heteroatoms. The van der Waals surface area contributed by atoms with Crippen molar-refractivity contribution < 1.29 is 9.21 Å². The lowest BCUT2D eigenvalue weighted by Gasteiger charge is -2.13. The van der Waals surface area contributed by atoms with Gasteiger partial charge in [0.1, 0.15) is 5.76 Å². The number of fused-ring (bicyclic) bond motifs is 1. The summed E-state index contributed by atoms with van der Waals surface area (Å²) in [6.07, 6.45) is 3.16. The Kier molecular flexibility index (Phi) is 5.18. The molecule has 0 bridgehead atoms. The second kappa shape index (κ2) is 7.52. The SMILES string of the molecule is CCn1c(SCC(=O)N[C@@H](C)c2ccco2)nc2ncccc2c1=O. The number of carbonyl (C=O) groups excluding carboxylic acids is 1. The molecular weight excluding hydrogens is 340 g/mol. The van der Waals surface area contributed by atoms with Gasteiger partial charge in [0.2, 0.25) is 5.91 Å². The molecule has 0 saturated heterocycles. The van der Waals surface area contributed by atoms with Gasteiger partial charge in [-0.25, -0.2) is 9.97 Å². The van der Waals surface area contributed by atoms with Crippen LogP contribution >= 0.6 is 11.8 Å². The molecule has 0 spiro atoms. The maximum absolute atomic E-state index is 12.5. The van der Waals surface area contributed by atoms with Gasteiger partial charge >= 0.3 is 0 Å². The lowest BCUT2D eigenvalue weighted by Crippen LogP contribution is -2.29. The summed E-state index contributed by atoms with van der Waals surface area (Å²) in [4.78, 5) is 33.2. The van der Waals surface area contributed by atoms with E-state index in [-0.39, 0.29) is 23.3 Å². The summed E-state index contributed by atoms with van der Waals surface area (Å²) in [6.45, 7) is 4.19. The lowest BCUT2D eigenvalue weighted by molar-refractivity contribution is -0.119. The summed E-state index contributed by atoms with van der Waals surface area (Å²) in [7, 11) is 0. The first-order valence-electron chi connectivity index (χ1n) is 7.91. The first-order chi connectivity index (χ1) is 12.1. The van der Waals surface area contributed by atoms with Gasteiger partial charge in [0.25, 0.3) is 5.56 Å². The fourth-order valence-electron chi connectivity index (χ4n) is 2.45. The number of pyridine rings is 1. The van der Waals surface area contributed by atoms with Crippen LogP contribution in [0.15, 0.2) is 51.1 Å². The number of carbonyl (C=O) groups is 1. The molecular formula is C17H18N4O3S. The van der Waals surface area contributed by atoms with E-state index >= 15 is 0 Å². The molecule has 130 valence electrons. The zero-order valence-electron chi connectivity index (χ0n) is 13.9. The van der Waals surface area contributed by atoms with Crippen molar-refractivity contribution in [3.8, 4) is 0 Å². The van der Waals surface area contributed by atoms with Crippen molar-refractivity contribution in [1.29, 1.82) is 0 Å². The summed E-state index contributed by atoms with van der Waals surface area (Å²) < 4.78 is 6.83. The van der Waals surface area contributed by atoms with E-state index in [0.717, 1.165) is 0 Å². The zero-order valence-corrected chi connectivity index (χ0v) is 14.7. The highest BCUT2D eigenvalue weighted by Gasteiger charge is 2.15. The predicted molar refractivity (Wildman–Crippen MR) is 95.5 cm³/mol. The Morgan fingerprint density at radius 3 is 2.96 bits per heavy atom. The van der Waals surface area contributed by atoms with Gasteiger partial charge in [-0.3, -0.25) is 14.2 Å². The number of aromatic nitrogens is 3. The Balaban J connectivity index is 1.74. The summed E-state index contributed by atoms with van der Waals surface area (Å²) in [5.74, 6) is 0.680. The van der Waals surface area contributed by atoms with Crippen LogP contribution in [0.1, 0.15) is 25.6 Å². The Bertz CT molecular complexity index is 937. The van der Waals surface area contributed by atoms with Crippen LogP contribution in [0.5, 0.6) is 0 Å². The van der Waals surface area contributed by atoms with E-state index in [4.69, 9.17) is 4.42 Å². The molecule has 0 unspecified atom stereocenters. The van der Waals surface area contributed by atoms with Crippen LogP contribution in [0.2, 0.25) is 0 Å². The molecule has 0 aliphatic heterocycles. The van der Waals surface area contributed by atoms with Gasteiger partial charge in [-0.15, -0.1) is 0 Å². The molecule has 3 rings (SSSR count). The molecule has 0 radical (unpaired) electrons. The minimum Gasteiger partial charge on any atom is -0.467 e. The van der Waals surface area contributed by atoms with E-state index in [9.17, 15) is 9.59 Å². The highest BCUT2D eigenvalue weighted by molar-refractivity contribution is 7.99. The minimum atomic E-state index is -0.220. The number of thioether (sulfide) groups is 1. The number of hydrogen-bond donors (Lipinski definition) is 1. The standard InChI is InChI=1S/C17H18N4O3S/c1-3-21-16(23)12-6-4-8-18-15(12)20-17(21)25-10-14(22)19-11(2)13-7-5-9-24-13/h4-9,11H,3,10H2,1-2H3,(H,19,22)/t11-/m0/s1. The van der Waals surface area contributed by atoms with Crippen molar-refractivity contribution in [2.75, 3.05) is 5.75 Å². The van der Waals surface area contributed by atoms with Gasteiger partial charge in [0, 0.05) is 12.7 Å². The zero-order chi connectivity index (χ0) is 17.8. The predicted octanol–water partition coefficient (Wildman–Crippen LogP) is 2.37. The number of furan rings is 1. The number of rotatable bonds is 6. The topological polar surface area (TPSA) is 90.0 Å². The maximum atomic E-state index is 12.5. The monoisotopic (exact) mass is 358 g/mol. The van der Waals surface area contributed by atoms with Gasteiger partial charge in [-0.05, 0) is 38.1 Å². The Morgan fingerprint density at radius 2 is 2.24 bits per heavy atom. The first-order valence-corrected chi connectivity index (χ1v) is 8.89. The highest BCUT2D eigenvalue weighted by Crippen LogP contribution is 2.18. The molecule has 0 saturated carbocycles. The van der Waals surface area contributed by atoms with Crippen LogP contribution in [0.3, 0.4) is 0 Å². The molecule has 1 amide bonds. The van der Waals surface area contributed by atoms with Crippen molar-refractivity contribution >= 4 is 28.7 Å². The largest absolute Gasteiger partial charge is 0.467 e. The van der Waals surface area contributed by atoms with E-state index in [2.05, 4.69) is 15.3 Å². The highest BCUT2D eigenvalue weighted by atomic mass is 32.2. The van der Waals surface area contributed by atoms with E-state index in [1.165, 1.54) is 11.8 Å². The molecule has 0 aliphatic carbocycles. The van der Waals surface area contributed by atoms with Crippen LogP contribution in [0.25, 0.3) is 11.0 Å². The molecule has 1 N–H and O–H groups in total. The third kappa shape index (κ3) is 3.74. The van der Waals surface area contributed by atoms with Crippen LogP contribution < -0.4 is 10.9 Å². The molecule has 1 atom stereocenters. The molecule has 25 heavy (non-hydrogen) atoms. The second-order valence-corrected chi connectivity index (χ2v) is 6.35. The van der Waals surface area contributed by atoms with Crippen molar-refractivity contribution in [3.63, 3.8) is 0 Å². The quantitative estimate of drug-likeness (QED) is 0.537. The van der Waals surface area contributed by atoms with E-state index in [1.807, 2.05) is 19.9 Å². The molecule has 7 nitrogen and oxygen atoms in total. The maximum Gasteiger partial charge on any atom is 0.263 e. The Hall–Kier alpha value is -2.61. The Labute approximate surface area is 148 Å². The fourth-order valence-corrected chi connectivity index (χ4v) is 3.31. The number of hydrogen-bond acceptors (Lipinski definition) is 6. The molecule has 0 aliphatic rings. The molecule has 3 aromatic heterocycles. The van der Waals surface area contributed by atoms with E-state index in [0.29, 0.717) is 28.5 Å². The fraction of sp³-hybridized carbons (Fsp3) is 0.294. The van der Waals surface area contributed by atoms with E-state index in [1.54, 1.807) is 35.2 Å². The first kappa shape index (κ1) is 17.2. The van der Waals surface area contributed by atoms with Crippen LogP contribution in [0, 0.1) is 0 Å². The number of nitrogens with zero attached hydrogens (tertiary/aromatic N) is 3. The average Bonchev–Trinajstić information content (AvgIpc) is 3.15. The summed E-state index contributed by atoms with van der Waals surface area (Å²) in [6, 6.07) is 6.78. The van der Waals surface area contributed by atoms with Crippen molar-refractivity contribution in [2.24, 2.45) is 0 Å². The molecule has 3 heterocycles. The van der Waals surface area contributed by atoms with Gasteiger partial charge in [-0.2, -0.15) is 0 Å². The van der Waals surface area contributed by atoms with E-state index < -0.39 is 0 Å². The van der Waals surface area contributed by atoms with Gasteiger partial charge in [0.05, 0.1) is 23.4 Å². The number of nitrogens with one attached hydrogen (secondary N) is 1. The third-order valence-electron chi connectivity index (χ3n) is 3.69. The summed E-state index contributed by atoms with van der Waals surface area (Å²) >= 11 is 1.22. The van der Waals surface area contributed by atoms with Crippen LogP contribution in [-0.4, -0.2) is 26.2 Å². The van der Waals surface area contributed by atoms with Crippen molar-refractivity contribution in [1.82, 2.24) is 19.9 Å². The normalized spacial score (nSPS) is 12.2. The molecule has 0 fully saturated rings. The Morgan fingerprint density at radius 1 is 1.40 bits per heavy atom. The number of amides is 1. The van der Waals surface area contributed by atoms with Gasteiger partial charge < -0.3 is 9.73 Å². The van der Waals surface area contributed by atoms with Gasteiger partial charge in [-0.1, -0.05) is 11.8 Å². The van der Waals surface area contributed by atoms with Crippen LogP contribution in [0.4, 0.5) is 0 Å². The average molecular weight is 358 g/mol. The van der Waals surface area contributed by atoms with Crippen LogP contribution in [-0.2, 0) is 11.3 Å². The summed E-state index contributed by atoms with van der Waals surface area (Å²) in [5, 5.41) is 3.82. The minimum absolute atomic E-state index is 0.146. The smallest absolute Gasteiger partial charge is 0.263 e. The third-order valence-corrected chi connectivity index (χ3v) is 4.67. The molecule has 3 aromatic rings. The van der Waals surface area contributed by atoms with Gasteiger partial charge in [0.15, 0.2) is 10.8 Å². The lowest BCUT2D eigenvalue weighted by atomic mass is 10.2. The summed E-state index contributed by atoms with van der Waals surface area (Å²) in [5.41, 5.74) is 0.247. The van der Waals surface area contributed by atoms with Crippen molar-refractivity contribution in [3.05, 3.63) is 52.8 Å². The molecule has 0 aromatic carbocycles. The second-order valence-electron chi connectivity index (χ2n) is 5.41.